The monoisotopic (exact) mass is 246 g/mol. The summed E-state index contributed by atoms with van der Waals surface area (Å²) in [4.78, 5) is 11.7. The number of anilines is 1. The van der Waals surface area contributed by atoms with E-state index in [0.29, 0.717) is 17.8 Å². The molecule has 0 fully saturated rings. The van der Waals surface area contributed by atoms with Crippen molar-refractivity contribution in [2.75, 3.05) is 5.73 Å². The molecule has 0 aliphatic heterocycles. The van der Waals surface area contributed by atoms with Gasteiger partial charge in [-0.1, -0.05) is 0 Å². The van der Waals surface area contributed by atoms with Gasteiger partial charge in [0.05, 0.1) is 12.1 Å². The van der Waals surface area contributed by atoms with E-state index in [-0.39, 0.29) is 5.76 Å². The van der Waals surface area contributed by atoms with Crippen molar-refractivity contribution in [3.63, 3.8) is 0 Å². The second kappa shape index (κ2) is 3.78. The number of fused-ring (bicyclic) bond motifs is 1. The Morgan fingerprint density at radius 1 is 1.35 bits per heavy atom. The van der Waals surface area contributed by atoms with Crippen molar-refractivity contribution in [1.29, 1.82) is 0 Å². The largest absolute Gasteiger partial charge is 0.420 e. The first-order chi connectivity index (χ1) is 8.24. The number of rotatable bonds is 2. The van der Waals surface area contributed by atoms with Crippen molar-refractivity contribution in [2.24, 2.45) is 0 Å². The first kappa shape index (κ1) is 10.2. The zero-order valence-electron chi connectivity index (χ0n) is 8.92. The topological polar surface area (TPSA) is 61.2 Å². The lowest BCUT2D eigenvalue weighted by Crippen LogP contribution is -2.14. The van der Waals surface area contributed by atoms with E-state index in [1.54, 1.807) is 28.0 Å². The minimum Gasteiger partial charge on any atom is -0.408 e. The van der Waals surface area contributed by atoms with E-state index in [2.05, 4.69) is 0 Å². The summed E-state index contributed by atoms with van der Waals surface area (Å²) in [5.74, 6) is -0.350. The third-order valence-corrected chi connectivity index (χ3v) is 3.35. The molecule has 0 spiro atoms. The molecular formula is C12H10N2O2S. The molecule has 0 amide bonds. The average Bonchev–Trinajstić information content (AvgIpc) is 2.88. The highest BCUT2D eigenvalue weighted by Crippen LogP contribution is 2.17. The summed E-state index contributed by atoms with van der Waals surface area (Å²) >= 11 is 1.61. The summed E-state index contributed by atoms with van der Waals surface area (Å²) in [6.45, 7) is 0.527. The third kappa shape index (κ3) is 1.74. The fourth-order valence-electron chi connectivity index (χ4n) is 1.80. The highest BCUT2D eigenvalue weighted by atomic mass is 32.1. The van der Waals surface area contributed by atoms with Gasteiger partial charge in [0, 0.05) is 11.8 Å². The van der Waals surface area contributed by atoms with Crippen LogP contribution < -0.4 is 11.5 Å². The molecule has 0 bridgehead atoms. The number of nitrogens with zero attached hydrogens (tertiary/aromatic N) is 1. The molecule has 2 aromatic heterocycles. The molecule has 0 atom stereocenters. The van der Waals surface area contributed by atoms with Gasteiger partial charge in [-0.2, -0.15) is 11.3 Å². The van der Waals surface area contributed by atoms with Gasteiger partial charge in [-0.25, -0.2) is 4.79 Å². The molecule has 0 aliphatic rings. The maximum Gasteiger partial charge on any atom is 0.420 e. The van der Waals surface area contributed by atoms with Gasteiger partial charge in [-0.15, -0.1) is 0 Å². The summed E-state index contributed by atoms with van der Waals surface area (Å²) in [7, 11) is 0. The number of oxazole rings is 1. The second-order valence-corrected chi connectivity index (χ2v) is 4.59. The minimum atomic E-state index is -0.350. The Labute approximate surface area is 101 Å². The average molecular weight is 246 g/mol. The highest BCUT2D eigenvalue weighted by Gasteiger charge is 2.09. The van der Waals surface area contributed by atoms with Gasteiger partial charge < -0.3 is 10.2 Å². The van der Waals surface area contributed by atoms with E-state index >= 15 is 0 Å². The molecule has 0 unspecified atom stereocenters. The second-order valence-electron chi connectivity index (χ2n) is 3.81. The van der Waals surface area contributed by atoms with Crippen LogP contribution in [0.5, 0.6) is 0 Å². The molecule has 0 saturated heterocycles. The summed E-state index contributed by atoms with van der Waals surface area (Å²) in [5.41, 5.74) is 8.64. The predicted octanol–water partition coefficient (Wildman–Crippen LogP) is 2.29. The molecule has 17 heavy (non-hydrogen) atoms. The molecule has 0 saturated carbocycles. The first-order valence-electron chi connectivity index (χ1n) is 5.14. The molecule has 0 aliphatic carbocycles. The van der Waals surface area contributed by atoms with Crippen LogP contribution in [0, 0.1) is 0 Å². The molecule has 0 radical (unpaired) electrons. The maximum atomic E-state index is 11.7. The van der Waals surface area contributed by atoms with Gasteiger partial charge in [0.2, 0.25) is 0 Å². The van der Waals surface area contributed by atoms with Crippen molar-refractivity contribution in [3.8, 4) is 0 Å². The zero-order chi connectivity index (χ0) is 11.8. The van der Waals surface area contributed by atoms with Gasteiger partial charge >= 0.3 is 5.76 Å². The van der Waals surface area contributed by atoms with Crippen LogP contribution in [-0.2, 0) is 6.54 Å². The lowest BCUT2D eigenvalue weighted by molar-refractivity contribution is 0.518. The van der Waals surface area contributed by atoms with Crippen molar-refractivity contribution in [1.82, 2.24) is 4.57 Å². The number of hydrogen-bond donors (Lipinski definition) is 1. The van der Waals surface area contributed by atoms with Crippen LogP contribution in [-0.4, -0.2) is 4.57 Å². The SMILES string of the molecule is Nc1ccc2c(c1)oc(=O)n2Cc1ccsc1. The normalized spacial score (nSPS) is 11.1. The Kier molecular flexibility index (Phi) is 2.26. The van der Waals surface area contributed by atoms with Gasteiger partial charge in [0.15, 0.2) is 5.58 Å². The molecule has 2 N–H and O–H groups in total. The summed E-state index contributed by atoms with van der Waals surface area (Å²) < 4.78 is 6.77. The van der Waals surface area contributed by atoms with Crippen molar-refractivity contribution in [2.45, 2.75) is 6.54 Å². The van der Waals surface area contributed by atoms with Gasteiger partial charge in [0.25, 0.3) is 0 Å². The van der Waals surface area contributed by atoms with E-state index in [1.807, 2.05) is 22.9 Å². The Morgan fingerprint density at radius 2 is 2.24 bits per heavy atom. The van der Waals surface area contributed by atoms with E-state index in [1.165, 1.54) is 0 Å². The van der Waals surface area contributed by atoms with Crippen LogP contribution in [0.25, 0.3) is 11.1 Å². The van der Waals surface area contributed by atoms with Crippen LogP contribution in [0.15, 0.2) is 44.2 Å². The van der Waals surface area contributed by atoms with E-state index < -0.39 is 0 Å². The third-order valence-electron chi connectivity index (χ3n) is 2.61. The zero-order valence-corrected chi connectivity index (χ0v) is 9.74. The Bertz CT molecular complexity index is 710. The molecule has 3 aromatic rings. The van der Waals surface area contributed by atoms with Crippen molar-refractivity contribution < 1.29 is 4.42 Å². The summed E-state index contributed by atoms with van der Waals surface area (Å²) in [6, 6.07) is 7.23. The molecule has 3 rings (SSSR count). The Balaban J connectivity index is 2.16. The van der Waals surface area contributed by atoms with E-state index in [4.69, 9.17) is 10.2 Å². The molecule has 1 aromatic carbocycles. The number of benzene rings is 1. The van der Waals surface area contributed by atoms with Crippen molar-refractivity contribution >= 4 is 28.1 Å². The fourth-order valence-corrected chi connectivity index (χ4v) is 2.46. The quantitative estimate of drug-likeness (QED) is 0.706. The number of nitrogens with two attached hydrogens (primary N) is 1. The Morgan fingerprint density at radius 3 is 3.00 bits per heavy atom. The predicted molar refractivity (Wildman–Crippen MR) is 68.3 cm³/mol. The summed E-state index contributed by atoms with van der Waals surface area (Å²) in [5, 5.41) is 4.00. The minimum absolute atomic E-state index is 0.350. The smallest absolute Gasteiger partial charge is 0.408 e. The van der Waals surface area contributed by atoms with E-state index in [0.717, 1.165) is 11.1 Å². The molecule has 2 heterocycles. The first-order valence-corrected chi connectivity index (χ1v) is 6.08. The number of aromatic nitrogens is 1. The van der Waals surface area contributed by atoms with Crippen LogP contribution in [0.1, 0.15) is 5.56 Å². The van der Waals surface area contributed by atoms with Gasteiger partial charge in [-0.05, 0) is 34.5 Å². The number of hydrogen-bond acceptors (Lipinski definition) is 4. The maximum absolute atomic E-state index is 11.7. The molecule has 5 heteroatoms. The van der Waals surface area contributed by atoms with E-state index in [9.17, 15) is 4.79 Å². The lowest BCUT2D eigenvalue weighted by atomic mass is 10.3. The fraction of sp³-hybridized carbons (Fsp3) is 0.0833. The number of nitrogen functional groups attached to an aromatic ring is 1. The molecular weight excluding hydrogens is 236 g/mol. The van der Waals surface area contributed by atoms with Crippen LogP contribution >= 0.6 is 11.3 Å². The number of thiophene rings is 1. The highest BCUT2D eigenvalue weighted by molar-refractivity contribution is 7.07. The lowest BCUT2D eigenvalue weighted by Gasteiger charge is -1.99. The summed E-state index contributed by atoms with van der Waals surface area (Å²) in [6.07, 6.45) is 0. The van der Waals surface area contributed by atoms with Gasteiger partial charge in [-0.3, -0.25) is 4.57 Å². The molecule has 86 valence electrons. The van der Waals surface area contributed by atoms with Crippen LogP contribution in [0.3, 0.4) is 0 Å². The molecule has 4 nitrogen and oxygen atoms in total. The van der Waals surface area contributed by atoms with Crippen molar-refractivity contribution in [3.05, 3.63) is 51.1 Å². The van der Waals surface area contributed by atoms with Crippen LogP contribution in [0.2, 0.25) is 0 Å². The Hall–Kier alpha value is -2.01. The standard InChI is InChI=1S/C12H10N2O2S/c13-9-1-2-10-11(5-9)16-12(15)14(10)6-8-3-4-17-7-8/h1-5,7H,6,13H2. The van der Waals surface area contributed by atoms with Gasteiger partial charge in [0.1, 0.15) is 0 Å². The van der Waals surface area contributed by atoms with Crippen LogP contribution in [0.4, 0.5) is 5.69 Å².